The van der Waals surface area contributed by atoms with Gasteiger partial charge in [0, 0.05) is 12.4 Å². The number of carbonyl (C=O) groups is 2. The predicted octanol–water partition coefficient (Wildman–Crippen LogP) is -1.66. The van der Waals surface area contributed by atoms with Crippen molar-refractivity contribution in [1.82, 2.24) is 9.66 Å². The number of amides is 4. The standard InChI is InChI=1S/C6H7N5O3/c7-4(12)11(5(8)13)10-3-1-2-9-6(10)14/h1-3H,(H2,7,12)(H2,8,13). The Kier molecular flexibility index (Phi) is 2.47. The zero-order chi connectivity index (χ0) is 10.7. The van der Waals surface area contributed by atoms with Crippen LogP contribution >= 0.6 is 0 Å². The molecule has 1 heterocycles. The maximum atomic E-state index is 11.1. The van der Waals surface area contributed by atoms with Gasteiger partial charge in [0.1, 0.15) is 0 Å². The van der Waals surface area contributed by atoms with Crippen LogP contribution in [-0.4, -0.2) is 21.7 Å². The highest BCUT2D eigenvalue weighted by atomic mass is 16.2. The Balaban J connectivity index is 3.26. The molecule has 0 aliphatic carbocycles. The molecule has 0 bridgehead atoms. The van der Waals surface area contributed by atoms with Crippen LogP contribution in [0.1, 0.15) is 0 Å². The summed E-state index contributed by atoms with van der Waals surface area (Å²) in [5.41, 5.74) is 8.85. The third kappa shape index (κ3) is 1.68. The largest absolute Gasteiger partial charge is 0.367 e. The summed E-state index contributed by atoms with van der Waals surface area (Å²) in [7, 11) is 0. The second-order valence-corrected chi connectivity index (χ2v) is 2.24. The molecule has 14 heavy (non-hydrogen) atoms. The van der Waals surface area contributed by atoms with Gasteiger partial charge in [0.15, 0.2) is 0 Å². The van der Waals surface area contributed by atoms with E-state index in [1.807, 2.05) is 0 Å². The van der Waals surface area contributed by atoms with E-state index < -0.39 is 17.8 Å². The molecule has 0 atom stereocenters. The van der Waals surface area contributed by atoms with Gasteiger partial charge in [0.2, 0.25) is 0 Å². The Morgan fingerprint density at radius 3 is 2.36 bits per heavy atom. The van der Waals surface area contributed by atoms with E-state index >= 15 is 0 Å². The van der Waals surface area contributed by atoms with Crippen LogP contribution in [0.25, 0.3) is 0 Å². The summed E-state index contributed by atoms with van der Waals surface area (Å²) in [4.78, 5) is 35.9. The number of hydrogen-bond donors (Lipinski definition) is 2. The first-order valence-electron chi connectivity index (χ1n) is 3.47. The van der Waals surface area contributed by atoms with E-state index in [2.05, 4.69) is 4.98 Å². The molecule has 0 fully saturated rings. The van der Waals surface area contributed by atoms with Crippen LogP contribution in [0.3, 0.4) is 0 Å². The van der Waals surface area contributed by atoms with E-state index in [-0.39, 0.29) is 5.01 Å². The van der Waals surface area contributed by atoms with Gasteiger partial charge in [-0.1, -0.05) is 0 Å². The first-order valence-corrected chi connectivity index (χ1v) is 3.47. The number of urea groups is 2. The van der Waals surface area contributed by atoms with Crippen molar-refractivity contribution in [2.24, 2.45) is 11.5 Å². The molecule has 0 unspecified atom stereocenters. The summed E-state index contributed by atoms with van der Waals surface area (Å²) in [5, 5.41) is 0.273. The molecular weight excluding hydrogens is 190 g/mol. The predicted molar refractivity (Wildman–Crippen MR) is 45.9 cm³/mol. The van der Waals surface area contributed by atoms with Gasteiger partial charge in [-0.2, -0.15) is 4.68 Å². The molecule has 0 radical (unpaired) electrons. The number of nitrogens with zero attached hydrogens (tertiary/aromatic N) is 3. The Bertz CT molecular complexity index is 411. The van der Waals surface area contributed by atoms with Crippen molar-refractivity contribution in [2.75, 3.05) is 5.01 Å². The zero-order valence-corrected chi connectivity index (χ0v) is 6.95. The molecule has 1 aromatic heterocycles. The molecule has 74 valence electrons. The van der Waals surface area contributed by atoms with Gasteiger partial charge in [-0.3, -0.25) is 0 Å². The van der Waals surface area contributed by atoms with E-state index in [0.717, 1.165) is 6.20 Å². The average molecular weight is 197 g/mol. The number of hydrogen-bond acceptors (Lipinski definition) is 4. The lowest BCUT2D eigenvalue weighted by atomic mass is 10.7. The third-order valence-corrected chi connectivity index (χ3v) is 1.33. The molecule has 4 amide bonds. The van der Waals surface area contributed by atoms with Gasteiger partial charge >= 0.3 is 17.8 Å². The number of imide groups is 1. The summed E-state index contributed by atoms with van der Waals surface area (Å²) in [6.45, 7) is 0. The van der Waals surface area contributed by atoms with Crippen LogP contribution < -0.4 is 22.2 Å². The molecule has 8 heteroatoms. The summed E-state index contributed by atoms with van der Waals surface area (Å²) >= 11 is 0. The minimum atomic E-state index is -1.16. The summed E-state index contributed by atoms with van der Waals surface area (Å²) in [5.74, 6) is 0. The zero-order valence-electron chi connectivity index (χ0n) is 6.95. The van der Waals surface area contributed by atoms with Crippen molar-refractivity contribution < 1.29 is 9.59 Å². The number of carbonyl (C=O) groups excluding carboxylic acids is 2. The molecular formula is C6H7N5O3. The molecule has 0 saturated carbocycles. The molecule has 8 nitrogen and oxygen atoms in total. The van der Waals surface area contributed by atoms with E-state index in [1.54, 1.807) is 0 Å². The quantitative estimate of drug-likeness (QED) is 0.558. The smallest absolute Gasteiger partial charge is 0.350 e. The Labute approximate surface area is 77.7 Å². The minimum absolute atomic E-state index is 0.273. The topological polar surface area (TPSA) is 124 Å². The molecule has 0 aromatic carbocycles. The normalized spacial score (nSPS) is 9.43. The molecule has 1 aromatic rings. The number of nitrogens with two attached hydrogens (primary N) is 2. The van der Waals surface area contributed by atoms with Crippen molar-refractivity contribution in [3.05, 3.63) is 28.9 Å². The highest BCUT2D eigenvalue weighted by Crippen LogP contribution is 1.85. The molecule has 0 aliphatic heterocycles. The first-order chi connectivity index (χ1) is 6.54. The summed E-state index contributed by atoms with van der Waals surface area (Å²) in [6.07, 6.45) is 2.35. The molecule has 0 spiro atoms. The van der Waals surface area contributed by atoms with Crippen LogP contribution in [0.2, 0.25) is 0 Å². The summed E-state index contributed by atoms with van der Waals surface area (Å²) in [6, 6.07) is -0.972. The van der Waals surface area contributed by atoms with Crippen LogP contribution in [0.4, 0.5) is 9.59 Å². The number of primary amides is 2. The van der Waals surface area contributed by atoms with E-state index in [9.17, 15) is 14.4 Å². The fourth-order valence-corrected chi connectivity index (χ4v) is 0.823. The van der Waals surface area contributed by atoms with E-state index in [0.29, 0.717) is 4.68 Å². The number of aromatic nitrogens is 2. The lowest BCUT2D eigenvalue weighted by Gasteiger charge is -2.16. The van der Waals surface area contributed by atoms with Gasteiger partial charge in [0.25, 0.3) is 0 Å². The monoisotopic (exact) mass is 197 g/mol. The lowest BCUT2D eigenvalue weighted by Crippen LogP contribution is -2.55. The Morgan fingerprint density at radius 2 is 1.93 bits per heavy atom. The van der Waals surface area contributed by atoms with Gasteiger partial charge in [-0.05, 0) is 6.07 Å². The summed E-state index contributed by atoms with van der Waals surface area (Å²) < 4.78 is 0.616. The van der Waals surface area contributed by atoms with Gasteiger partial charge in [0.05, 0.1) is 0 Å². The average Bonchev–Trinajstić information content (AvgIpc) is 2.07. The van der Waals surface area contributed by atoms with Crippen LogP contribution in [0.15, 0.2) is 23.3 Å². The fourth-order valence-electron chi connectivity index (χ4n) is 0.823. The van der Waals surface area contributed by atoms with Gasteiger partial charge < -0.3 is 11.5 Å². The fraction of sp³-hybridized carbons (Fsp3) is 0. The molecule has 0 saturated heterocycles. The highest BCUT2D eigenvalue weighted by Gasteiger charge is 2.18. The van der Waals surface area contributed by atoms with Crippen LogP contribution in [-0.2, 0) is 0 Å². The minimum Gasteiger partial charge on any atom is -0.350 e. The Morgan fingerprint density at radius 1 is 1.36 bits per heavy atom. The van der Waals surface area contributed by atoms with Crippen LogP contribution in [0, 0.1) is 0 Å². The maximum Gasteiger partial charge on any atom is 0.367 e. The second kappa shape index (κ2) is 3.56. The van der Waals surface area contributed by atoms with Crippen molar-refractivity contribution in [2.45, 2.75) is 0 Å². The number of rotatable bonds is 1. The van der Waals surface area contributed by atoms with Gasteiger partial charge in [-0.25, -0.2) is 19.4 Å². The van der Waals surface area contributed by atoms with Crippen molar-refractivity contribution in [3.8, 4) is 0 Å². The third-order valence-electron chi connectivity index (χ3n) is 1.33. The lowest BCUT2D eigenvalue weighted by molar-refractivity contribution is 0.235. The molecule has 4 N–H and O–H groups in total. The maximum absolute atomic E-state index is 11.1. The second-order valence-electron chi connectivity index (χ2n) is 2.24. The highest BCUT2D eigenvalue weighted by molar-refractivity contribution is 6.05. The van der Waals surface area contributed by atoms with Gasteiger partial charge in [-0.15, -0.1) is 5.01 Å². The molecule has 0 aliphatic rings. The SMILES string of the molecule is NC(=O)N(C(N)=O)n1cccnc1=O. The van der Waals surface area contributed by atoms with Crippen molar-refractivity contribution >= 4 is 12.1 Å². The van der Waals surface area contributed by atoms with Crippen molar-refractivity contribution in [3.63, 3.8) is 0 Å². The van der Waals surface area contributed by atoms with Crippen LogP contribution in [0.5, 0.6) is 0 Å². The first kappa shape index (κ1) is 9.71. The van der Waals surface area contributed by atoms with Crippen molar-refractivity contribution in [1.29, 1.82) is 0 Å². The van der Waals surface area contributed by atoms with E-state index in [1.165, 1.54) is 12.3 Å². The molecule has 1 rings (SSSR count). The Hall–Kier alpha value is -2.38. The van der Waals surface area contributed by atoms with E-state index in [4.69, 9.17) is 11.5 Å².